The minimum Gasteiger partial charge on any atom is -0.507 e. The van der Waals surface area contributed by atoms with Crippen molar-refractivity contribution in [1.29, 1.82) is 0 Å². The topological polar surface area (TPSA) is 125 Å². The Morgan fingerprint density at radius 1 is 0.818 bits per heavy atom. The van der Waals surface area contributed by atoms with Crippen LogP contribution in [0.2, 0.25) is 0 Å². The summed E-state index contributed by atoms with van der Waals surface area (Å²) in [6.45, 7) is 1.50. The first kappa shape index (κ1) is 23.7. The molecule has 0 aliphatic heterocycles. The Balaban J connectivity index is 1.68. The van der Waals surface area contributed by atoms with Gasteiger partial charge in [0.25, 0.3) is 11.8 Å². The van der Waals surface area contributed by atoms with Crippen LogP contribution >= 0.6 is 0 Å². The summed E-state index contributed by atoms with van der Waals surface area (Å²) in [6, 6.07) is 12.0. The van der Waals surface area contributed by atoms with Crippen LogP contribution in [0, 0.1) is 11.6 Å². The highest BCUT2D eigenvalue weighted by atomic mass is 32.2. The molecule has 3 aromatic carbocycles. The number of phenols is 1. The van der Waals surface area contributed by atoms with Gasteiger partial charge in [-0.3, -0.25) is 14.3 Å². The SMILES string of the molecule is CCS(=O)(=O)Nc1ccc(NC(=O)c2ccc(NC(=O)c3cc(F)cc(F)c3)cc2O)cc1. The van der Waals surface area contributed by atoms with E-state index in [0.29, 0.717) is 17.4 Å². The standard InChI is InChI=1S/C22H19F2N3O5S/c1-2-33(31,32)27-17-5-3-16(4-6-17)25-22(30)19-8-7-18(12-20(19)28)26-21(29)13-9-14(23)11-15(24)10-13/h3-12,27-28H,2H2,1H3,(H,25,30)(H,26,29). The molecule has 0 spiro atoms. The lowest BCUT2D eigenvalue weighted by molar-refractivity contribution is 0.101. The number of benzene rings is 3. The van der Waals surface area contributed by atoms with Crippen LogP contribution in [0.4, 0.5) is 25.8 Å². The van der Waals surface area contributed by atoms with Crippen molar-refractivity contribution in [1.82, 2.24) is 0 Å². The summed E-state index contributed by atoms with van der Waals surface area (Å²) in [4.78, 5) is 24.6. The van der Waals surface area contributed by atoms with Crippen LogP contribution in [0.3, 0.4) is 0 Å². The first-order valence-corrected chi connectivity index (χ1v) is 11.2. The molecule has 0 atom stereocenters. The molecule has 3 aromatic rings. The molecule has 0 aromatic heterocycles. The van der Waals surface area contributed by atoms with Gasteiger partial charge in [0.05, 0.1) is 11.3 Å². The molecular formula is C22H19F2N3O5S. The summed E-state index contributed by atoms with van der Waals surface area (Å²) in [7, 11) is -3.43. The smallest absolute Gasteiger partial charge is 0.259 e. The predicted octanol–water partition coefficient (Wildman–Crippen LogP) is 3.94. The van der Waals surface area contributed by atoms with E-state index in [2.05, 4.69) is 15.4 Å². The molecule has 11 heteroatoms. The van der Waals surface area contributed by atoms with Crippen molar-refractivity contribution in [2.75, 3.05) is 21.1 Å². The van der Waals surface area contributed by atoms with E-state index < -0.39 is 39.2 Å². The van der Waals surface area contributed by atoms with Crippen LogP contribution in [0.5, 0.6) is 5.75 Å². The molecule has 0 unspecified atom stereocenters. The molecule has 0 saturated carbocycles. The number of sulfonamides is 1. The van der Waals surface area contributed by atoms with Crippen molar-refractivity contribution in [3.8, 4) is 5.75 Å². The molecule has 8 nitrogen and oxygen atoms in total. The van der Waals surface area contributed by atoms with Crippen LogP contribution in [0.1, 0.15) is 27.6 Å². The van der Waals surface area contributed by atoms with Crippen molar-refractivity contribution in [3.05, 3.63) is 83.4 Å². The average Bonchev–Trinajstić information content (AvgIpc) is 2.74. The second-order valence-corrected chi connectivity index (χ2v) is 8.89. The highest BCUT2D eigenvalue weighted by Gasteiger charge is 2.15. The van der Waals surface area contributed by atoms with Crippen molar-refractivity contribution in [2.45, 2.75) is 6.92 Å². The molecule has 0 fully saturated rings. The number of amides is 2. The molecule has 0 saturated heterocycles. The molecule has 33 heavy (non-hydrogen) atoms. The number of carbonyl (C=O) groups is 2. The summed E-state index contributed by atoms with van der Waals surface area (Å²) in [5.74, 6) is -3.80. The van der Waals surface area contributed by atoms with Gasteiger partial charge in [-0.05, 0) is 55.5 Å². The largest absolute Gasteiger partial charge is 0.507 e. The van der Waals surface area contributed by atoms with E-state index in [0.717, 1.165) is 18.2 Å². The zero-order valence-electron chi connectivity index (χ0n) is 17.2. The summed E-state index contributed by atoms with van der Waals surface area (Å²) < 4.78 is 52.1. The number of phenolic OH excluding ortho intramolecular Hbond substituents is 1. The zero-order valence-corrected chi connectivity index (χ0v) is 18.0. The summed E-state index contributed by atoms with van der Waals surface area (Å²) in [5.41, 5.74) is 0.436. The number of hydrogen-bond acceptors (Lipinski definition) is 5. The van der Waals surface area contributed by atoms with E-state index in [1.807, 2.05) is 0 Å². The molecule has 0 heterocycles. The summed E-state index contributed by atoms with van der Waals surface area (Å²) in [6.07, 6.45) is 0. The first-order valence-electron chi connectivity index (χ1n) is 9.58. The van der Waals surface area contributed by atoms with Crippen molar-refractivity contribution in [2.24, 2.45) is 0 Å². The van der Waals surface area contributed by atoms with Crippen molar-refractivity contribution >= 4 is 38.9 Å². The normalized spacial score (nSPS) is 11.0. The Hall–Kier alpha value is -3.99. The number of nitrogens with one attached hydrogen (secondary N) is 3. The van der Waals surface area contributed by atoms with Gasteiger partial charge < -0.3 is 15.7 Å². The molecule has 0 aliphatic rings. The Labute approximate surface area is 188 Å². The minimum absolute atomic E-state index is 0.0830. The molecule has 172 valence electrons. The maximum atomic E-state index is 13.3. The number of aromatic hydroxyl groups is 1. The second kappa shape index (κ2) is 9.65. The maximum absolute atomic E-state index is 13.3. The highest BCUT2D eigenvalue weighted by molar-refractivity contribution is 7.92. The van der Waals surface area contributed by atoms with Crippen molar-refractivity contribution in [3.63, 3.8) is 0 Å². The Morgan fingerprint density at radius 2 is 1.36 bits per heavy atom. The molecule has 3 rings (SSSR count). The van der Waals surface area contributed by atoms with Crippen LogP contribution < -0.4 is 15.4 Å². The summed E-state index contributed by atoms with van der Waals surface area (Å²) in [5, 5.41) is 15.1. The number of carbonyl (C=O) groups excluding carboxylic acids is 2. The third kappa shape index (κ3) is 6.26. The van der Waals surface area contributed by atoms with Crippen molar-refractivity contribution < 1.29 is 31.9 Å². The van der Waals surface area contributed by atoms with E-state index >= 15 is 0 Å². The zero-order chi connectivity index (χ0) is 24.2. The fourth-order valence-electron chi connectivity index (χ4n) is 2.76. The number of rotatable bonds is 7. The van der Waals surface area contributed by atoms with Gasteiger partial charge in [-0.1, -0.05) is 0 Å². The number of halogens is 2. The third-order valence-corrected chi connectivity index (χ3v) is 5.73. The van der Waals surface area contributed by atoms with Gasteiger partial charge in [0.2, 0.25) is 10.0 Å². The molecular weight excluding hydrogens is 456 g/mol. The fourth-order valence-corrected chi connectivity index (χ4v) is 3.40. The molecule has 0 bridgehead atoms. The predicted molar refractivity (Wildman–Crippen MR) is 120 cm³/mol. The van der Waals surface area contributed by atoms with Crippen LogP contribution in [-0.4, -0.2) is 31.1 Å². The number of hydrogen-bond donors (Lipinski definition) is 4. The van der Waals surface area contributed by atoms with Gasteiger partial charge in [-0.25, -0.2) is 17.2 Å². The average molecular weight is 475 g/mol. The molecule has 4 N–H and O–H groups in total. The molecule has 0 radical (unpaired) electrons. The van der Waals surface area contributed by atoms with E-state index in [4.69, 9.17) is 0 Å². The lowest BCUT2D eigenvalue weighted by atomic mass is 10.1. The minimum atomic E-state index is -3.43. The third-order valence-electron chi connectivity index (χ3n) is 4.42. The second-order valence-electron chi connectivity index (χ2n) is 6.88. The van der Waals surface area contributed by atoms with Gasteiger partial charge in [0, 0.05) is 34.8 Å². The maximum Gasteiger partial charge on any atom is 0.259 e. The van der Waals surface area contributed by atoms with Gasteiger partial charge in [0.1, 0.15) is 17.4 Å². The van der Waals surface area contributed by atoms with Gasteiger partial charge in [-0.2, -0.15) is 0 Å². The highest BCUT2D eigenvalue weighted by Crippen LogP contribution is 2.24. The lowest BCUT2D eigenvalue weighted by Gasteiger charge is -2.11. The van der Waals surface area contributed by atoms with Gasteiger partial charge in [0.15, 0.2) is 0 Å². The molecule has 0 aliphatic carbocycles. The Kier molecular flexibility index (Phi) is 6.92. The van der Waals surface area contributed by atoms with E-state index in [1.165, 1.54) is 43.3 Å². The number of anilines is 3. The van der Waals surface area contributed by atoms with E-state index in [1.54, 1.807) is 0 Å². The Bertz CT molecular complexity index is 1290. The van der Waals surface area contributed by atoms with Crippen LogP contribution in [-0.2, 0) is 10.0 Å². The summed E-state index contributed by atoms with van der Waals surface area (Å²) >= 11 is 0. The molecule has 2 amide bonds. The first-order chi connectivity index (χ1) is 15.6. The van der Waals surface area contributed by atoms with E-state index in [9.17, 15) is 31.9 Å². The Morgan fingerprint density at radius 3 is 1.94 bits per heavy atom. The monoisotopic (exact) mass is 475 g/mol. The van der Waals surface area contributed by atoms with Crippen LogP contribution in [0.15, 0.2) is 60.7 Å². The van der Waals surface area contributed by atoms with Gasteiger partial charge in [-0.15, -0.1) is 0 Å². The van der Waals surface area contributed by atoms with E-state index in [-0.39, 0.29) is 22.6 Å². The quantitative estimate of drug-likeness (QED) is 0.412. The lowest BCUT2D eigenvalue weighted by Crippen LogP contribution is -2.15. The van der Waals surface area contributed by atoms with Gasteiger partial charge >= 0.3 is 0 Å². The van der Waals surface area contributed by atoms with Crippen LogP contribution in [0.25, 0.3) is 0 Å². The fraction of sp³-hybridized carbons (Fsp3) is 0.0909.